The highest BCUT2D eigenvalue weighted by atomic mass is 32.2. The molecule has 4 rings (SSSR count). The summed E-state index contributed by atoms with van der Waals surface area (Å²) < 4.78 is 7.27. The zero-order valence-electron chi connectivity index (χ0n) is 19.6. The second-order valence-electron chi connectivity index (χ2n) is 8.15. The monoisotopic (exact) mass is 500 g/mol. The third-order valence-electron chi connectivity index (χ3n) is 6.03. The fourth-order valence-electron chi connectivity index (χ4n) is 4.35. The number of carbonyl (C=O) groups excluding carboxylic acids is 2. The Morgan fingerprint density at radius 1 is 1.15 bits per heavy atom. The Balaban J connectivity index is 1.79. The highest BCUT2D eigenvalue weighted by Gasteiger charge is 2.33. The summed E-state index contributed by atoms with van der Waals surface area (Å²) in [5, 5.41) is 0.921. The summed E-state index contributed by atoms with van der Waals surface area (Å²) in [4.78, 5) is 44.5. The van der Waals surface area contributed by atoms with Crippen molar-refractivity contribution >= 4 is 63.0 Å². The van der Waals surface area contributed by atoms with Crippen LogP contribution in [0, 0.1) is 0 Å². The van der Waals surface area contributed by atoms with E-state index in [1.165, 1.54) is 11.8 Å². The number of benzene rings is 1. The maximum atomic E-state index is 13.5. The molecule has 8 nitrogen and oxygen atoms in total. The van der Waals surface area contributed by atoms with Crippen molar-refractivity contribution < 1.29 is 14.3 Å². The number of aromatic nitrogens is 1. The molecule has 1 aromatic heterocycles. The van der Waals surface area contributed by atoms with Gasteiger partial charge in [-0.05, 0) is 25.5 Å². The van der Waals surface area contributed by atoms with Gasteiger partial charge in [0.1, 0.15) is 4.32 Å². The van der Waals surface area contributed by atoms with E-state index in [9.17, 15) is 14.4 Å². The molecule has 34 heavy (non-hydrogen) atoms. The molecular weight excluding hydrogens is 472 g/mol. The van der Waals surface area contributed by atoms with Crippen LogP contribution in [-0.2, 0) is 16.6 Å². The lowest BCUT2D eigenvalue weighted by molar-refractivity contribution is -0.122. The van der Waals surface area contributed by atoms with Crippen molar-refractivity contribution in [3.63, 3.8) is 0 Å². The molecule has 0 saturated carbocycles. The first-order chi connectivity index (χ1) is 16.4. The average Bonchev–Trinajstić information content (AvgIpc) is 3.10. The molecule has 0 radical (unpaired) electrons. The lowest BCUT2D eigenvalue weighted by Crippen LogP contribution is -2.49. The zero-order chi connectivity index (χ0) is 24.4. The van der Waals surface area contributed by atoms with Crippen molar-refractivity contribution in [2.75, 3.05) is 44.2 Å². The molecule has 2 aliphatic rings. The van der Waals surface area contributed by atoms with Gasteiger partial charge in [0.25, 0.3) is 11.5 Å². The predicted molar refractivity (Wildman–Crippen MR) is 140 cm³/mol. The van der Waals surface area contributed by atoms with Gasteiger partial charge < -0.3 is 19.1 Å². The van der Waals surface area contributed by atoms with Crippen LogP contribution in [0.3, 0.4) is 0 Å². The molecule has 0 atom stereocenters. The number of fused-ring (bicyclic) bond motifs is 1. The quantitative estimate of drug-likeness (QED) is 0.460. The second kappa shape index (κ2) is 10.2. The van der Waals surface area contributed by atoms with Crippen LogP contribution in [0.2, 0.25) is 0 Å². The fourth-order valence-corrected chi connectivity index (χ4v) is 5.64. The summed E-state index contributed by atoms with van der Waals surface area (Å²) in [5.74, 6) is -0.162. The number of ether oxygens (including phenoxy) is 1. The molecule has 0 unspecified atom stereocenters. The van der Waals surface area contributed by atoms with Crippen LogP contribution in [0.1, 0.15) is 25.8 Å². The van der Waals surface area contributed by atoms with Gasteiger partial charge in [0.2, 0.25) is 0 Å². The standard InChI is InChI=1S/C24H28N4O4S2/c1-4-10-28-22(30)19(34-24(28)33)15-17-20(16-8-6-7-9-18(16)25(3)21(17)29)26-11-13-27(14-12-26)23(31)32-5-2/h6-9,15H,4-5,10-14H2,1-3H3. The number of thiocarbonyl (C=S) groups is 1. The second-order valence-corrected chi connectivity index (χ2v) is 9.83. The van der Waals surface area contributed by atoms with E-state index < -0.39 is 0 Å². The van der Waals surface area contributed by atoms with Gasteiger partial charge in [-0.25, -0.2) is 4.79 Å². The Morgan fingerprint density at radius 3 is 2.53 bits per heavy atom. The van der Waals surface area contributed by atoms with E-state index in [4.69, 9.17) is 17.0 Å². The Labute approximate surface area is 208 Å². The molecule has 2 aromatic rings. The number of para-hydroxylation sites is 1. The average molecular weight is 501 g/mol. The lowest BCUT2D eigenvalue weighted by Gasteiger charge is -2.36. The van der Waals surface area contributed by atoms with Gasteiger partial charge in [0, 0.05) is 45.2 Å². The zero-order valence-corrected chi connectivity index (χ0v) is 21.2. The molecule has 180 valence electrons. The summed E-state index contributed by atoms with van der Waals surface area (Å²) in [5.41, 5.74) is 1.87. The van der Waals surface area contributed by atoms with Gasteiger partial charge in [0.15, 0.2) is 0 Å². The smallest absolute Gasteiger partial charge is 0.409 e. The number of anilines is 1. The molecule has 2 fully saturated rings. The van der Waals surface area contributed by atoms with Crippen molar-refractivity contribution in [3.8, 4) is 0 Å². The van der Waals surface area contributed by atoms with Gasteiger partial charge in [-0.3, -0.25) is 14.5 Å². The van der Waals surface area contributed by atoms with Crippen molar-refractivity contribution in [1.29, 1.82) is 0 Å². The van der Waals surface area contributed by atoms with Crippen LogP contribution in [0.15, 0.2) is 34.0 Å². The van der Waals surface area contributed by atoms with Crippen LogP contribution < -0.4 is 10.5 Å². The van der Waals surface area contributed by atoms with Gasteiger partial charge in [0.05, 0.1) is 28.3 Å². The number of amides is 2. The first-order valence-electron chi connectivity index (χ1n) is 11.4. The minimum absolute atomic E-state index is 0.162. The van der Waals surface area contributed by atoms with Crippen LogP contribution in [0.25, 0.3) is 17.0 Å². The number of rotatable bonds is 5. The third kappa shape index (κ3) is 4.44. The van der Waals surface area contributed by atoms with Crippen molar-refractivity contribution in [2.24, 2.45) is 7.05 Å². The molecule has 0 N–H and O–H groups in total. The number of hydrogen-bond donors (Lipinski definition) is 0. The number of piperazine rings is 1. The molecule has 0 aliphatic carbocycles. The Bertz CT molecular complexity index is 1230. The lowest BCUT2D eigenvalue weighted by atomic mass is 10.1. The maximum Gasteiger partial charge on any atom is 0.409 e. The largest absolute Gasteiger partial charge is 0.450 e. The predicted octanol–water partition coefficient (Wildman–Crippen LogP) is 3.43. The van der Waals surface area contributed by atoms with Crippen LogP contribution >= 0.6 is 24.0 Å². The molecule has 1 aromatic carbocycles. The molecule has 0 bridgehead atoms. The summed E-state index contributed by atoms with van der Waals surface area (Å²) in [6, 6.07) is 7.75. The summed E-state index contributed by atoms with van der Waals surface area (Å²) in [6.45, 7) is 6.74. The summed E-state index contributed by atoms with van der Waals surface area (Å²) in [7, 11) is 1.74. The maximum absolute atomic E-state index is 13.5. The van der Waals surface area contributed by atoms with E-state index in [1.54, 1.807) is 34.4 Å². The SMILES string of the molecule is CCCN1C(=O)C(=Cc2c(N3CCN(C(=O)OCC)CC3)c3ccccc3n(C)c2=O)SC1=S. The highest BCUT2D eigenvalue weighted by Crippen LogP contribution is 2.36. The summed E-state index contributed by atoms with van der Waals surface area (Å²) in [6.07, 6.45) is 2.17. The van der Waals surface area contributed by atoms with Gasteiger partial charge in [-0.2, -0.15) is 0 Å². The van der Waals surface area contributed by atoms with E-state index in [0.29, 0.717) is 54.1 Å². The Kier molecular flexibility index (Phi) is 7.27. The normalized spacial score (nSPS) is 17.9. The first kappa shape index (κ1) is 24.3. The fraction of sp³-hybridized carbons (Fsp3) is 0.417. The van der Waals surface area contributed by atoms with E-state index in [1.807, 2.05) is 31.2 Å². The Hall–Kier alpha value is -2.85. The molecule has 0 spiro atoms. The van der Waals surface area contributed by atoms with Gasteiger partial charge in [-0.15, -0.1) is 0 Å². The van der Waals surface area contributed by atoms with Crippen molar-refractivity contribution in [3.05, 3.63) is 45.1 Å². The Morgan fingerprint density at radius 2 is 1.85 bits per heavy atom. The van der Waals surface area contributed by atoms with E-state index in [-0.39, 0.29) is 17.6 Å². The topological polar surface area (TPSA) is 75.1 Å². The molecule has 2 amide bonds. The number of carbonyl (C=O) groups is 2. The highest BCUT2D eigenvalue weighted by molar-refractivity contribution is 8.26. The van der Waals surface area contributed by atoms with E-state index >= 15 is 0 Å². The molecule has 2 aliphatic heterocycles. The van der Waals surface area contributed by atoms with Gasteiger partial charge in [-0.1, -0.05) is 49.1 Å². The molecule has 3 heterocycles. The molecule has 10 heteroatoms. The van der Waals surface area contributed by atoms with E-state index in [2.05, 4.69) is 4.90 Å². The van der Waals surface area contributed by atoms with Crippen LogP contribution in [0.5, 0.6) is 0 Å². The molecule has 2 saturated heterocycles. The minimum atomic E-state index is -0.323. The number of aryl methyl sites for hydroxylation is 1. The van der Waals surface area contributed by atoms with Gasteiger partial charge >= 0.3 is 6.09 Å². The third-order valence-corrected chi connectivity index (χ3v) is 7.41. The van der Waals surface area contributed by atoms with Crippen LogP contribution in [-0.4, -0.2) is 70.0 Å². The number of thioether (sulfide) groups is 1. The summed E-state index contributed by atoms with van der Waals surface area (Å²) >= 11 is 6.65. The van der Waals surface area contributed by atoms with E-state index in [0.717, 1.165) is 23.0 Å². The first-order valence-corrected chi connectivity index (χ1v) is 12.6. The van der Waals surface area contributed by atoms with Crippen molar-refractivity contribution in [2.45, 2.75) is 20.3 Å². The number of pyridine rings is 1. The number of nitrogens with zero attached hydrogens (tertiary/aromatic N) is 4. The number of hydrogen-bond acceptors (Lipinski definition) is 7. The molecular formula is C24H28N4O4S2. The van der Waals surface area contributed by atoms with Crippen LogP contribution in [0.4, 0.5) is 10.5 Å². The minimum Gasteiger partial charge on any atom is -0.450 e. The van der Waals surface area contributed by atoms with Crippen molar-refractivity contribution in [1.82, 2.24) is 14.4 Å².